The number of carbonyl (C=O) groups is 1. The van der Waals surface area contributed by atoms with Crippen molar-refractivity contribution in [2.24, 2.45) is 0 Å². The fraction of sp³-hybridized carbons (Fsp3) is 0.333. The molecule has 1 aliphatic carbocycles. The van der Waals surface area contributed by atoms with Crippen LogP contribution in [0.2, 0.25) is 5.02 Å². The average molecular weight is 463 g/mol. The highest BCUT2D eigenvalue weighted by molar-refractivity contribution is 6.36. The van der Waals surface area contributed by atoms with Crippen molar-refractivity contribution in [3.8, 4) is 6.07 Å². The third kappa shape index (κ3) is 4.00. The number of fused-ring (bicyclic) bond motifs is 1. The Morgan fingerprint density at radius 3 is 2.85 bits per heavy atom. The Bertz CT molecular complexity index is 1350. The summed E-state index contributed by atoms with van der Waals surface area (Å²) in [4.78, 5) is 28.4. The summed E-state index contributed by atoms with van der Waals surface area (Å²) >= 11 is 6.69. The molecule has 1 amide bonds. The molecule has 2 N–H and O–H groups in total. The SMILES string of the molecule is [C-]#[N+]c1cnc2c(NC3CC3)nc(Nc3cc(C#N)cc(N4CCN(C)CC4=O)c3Cl)nn12. The van der Waals surface area contributed by atoms with E-state index in [1.807, 2.05) is 11.9 Å². The molecule has 0 atom stereocenters. The first-order valence-electron chi connectivity index (χ1n) is 10.4. The smallest absolute Gasteiger partial charge is 0.275 e. The Hall–Kier alpha value is -3.93. The topological polar surface area (TPSA) is 119 Å². The van der Waals surface area contributed by atoms with Crippen LogP contribution in [0.3, 0.4) is 0 Å². The highest BCUT2D eigenvalue weighted by Gasteiger charge is 2.28. The lowest BCUT2D eigenvalue weighted by molar-refractivity contribution is -0.120. The largest absolute Gasteiger partial charge is 0.362 e. The summed E-state index contributed by atoms with van der Waals surface area (Å²) in [6.45, 7) is 8.81. The number of imidazole rings is 1. The van der Waals surface area contributed by atoms with E-state index in [1.54, 1.807) is 17.0 Å². The molecule has 2 aliphatic rings. The van der Waals surface area contributed by atoms with Crippen LogP contribution in [0.25, 0.3) is 10.5 Å². The molecule has 5 rings (SSSR count). The zero-order valence-corrected chi connectivity index (χ0v) is 18.5. The fourth-order valence-corrected chi connectivity index (χ4v) is 3.90. The number of hydrogen-bond acceptors (Lipinski definition) is 8. The number of aromatic nitrogens is 4. The molecular weight excluding hydrogens is 444 g/mol. The zero-order valence-electron chi connectivity index (χ0n) is 17.7. The normalized spacial score (nSPS) is 16.5. The molecule has 3 heterocycles. The maximum absolute atomic E-state index is 12.6. The van der Waals surface area contributed by atoms with Crippen molar-refractivity contribution in [2.45, 2.75) is 18.9 Å². The lowest BCUT2D eigenvalue weighted by atomic mass is 10.1. The van der Waals surface area contributed by atoms with Crippen molar-refractivity contribution < 1.29 is 4.79 Å². The molecule has 11 nitrogen and oxygen atoms in total. The maximum Gasteiger partial charge on any atom is 0.275 e. The van der Waals surface area contributed by atoms with E-state index >= 15 is 0 Å². The van der Waals surface area contributed by atoms with E-state index in [0.717, 1.165) is 12.8 Å². The van der Waals surface area contributed by atoms with Gasteiger partial charge in [0.2, 0.25) is 5.91 Å². The van der Waals surface area contributed by atoms with Gasteiger partial charge in [0.25, 0.3) is 17.4 Å². The molecule has 1 aliphatic heterocycles. The van der Waals surface area contributed by atoms with Gasteiger partial charge in [-0.05, 0) is 32.0 Å². The molecule has 1 saturated carbocycles. The lowest BCUT2D eigenvalue weighted by Gasteiger charge is -2.33. The van der Waals surface area contributed by atoms with Gasteiger partial charge in [-0.2, -0.15) is 10.2 Å². The Kier molecular flexibility index (Phi) is 5.21. The summed E-state index contributed by atoms with van der Waals surface area (Å²) < 4.78 is 1.42. The number of amides is 1. The number of nitrogens with zero attached hydrogens (tertiary/aromatic N) is 8. The van der Waals surface area contributed by atoms with Gasteiger partial charge in [0, 0.05) is 19.1 Å². The quantitative estimate of drug-likeness (QED) is 0.555. The van der Waals surface area contributed by atoms with Crippen LogP contribution < -0.4 is 15.5 Å². The molecule has 12 heteroatoms. The van der Waals surface area contributed by atoms with E-state index in [0.29, 0.717) is 47.5 Å². The molecule has 2 aromatic heterocycles. The summed E-state index contributed by atoms with van der Waals surface area (Å²) in [5.41, 5.74) is 1.64. The second-order valence-corrected chi connectivity index (χ2v) is 8.42. The number of nitrogens with one attached hydrogen (secondary N) is 2. The monoisotopic (exact) mass is 462 g/mol. The number of benzene rings is 1. The van der Waals surface area contributed by atoms with Gasteiger partial charge in [-0.3, -0.25) is 9.69 Å². The molecule has 0 spiro atoms. The van der Waals surface area contributed by atoms with Crippen molar-refractivity contribution in [3.63, 3.8) is 0 Å². The van der Waals surface area contributed by atoms with E-state index in [4.69, 9.17) is 18.2 Å². The molecule has 166 valence electrons. The zero-order chi connectivity index (χ0) is 23.1. The van der Waals surface area contributed by atoms with Crippen LogP contribution in [-0.4, -0.2) is 63.1 Å². The number of likely N-dealkylation sites (N-methyl/N-ethyl adjacent to an activating group) is 1. The number of anilines is 4. The summed E-state index contributed by atoms with van der Waals surface area (Å²) in [5, 5.41) is 20.6. The lowest BCUT2D eigenvalue weighted by Crippen LogP contribution is -2.49. The average Bonchev–Trinajstić information content (AvgIpc) is 3.51. The number of halogens is 1. The van der Waals surface area contributed by atoms with E-state index in [2.05, 4.69) is 36.6 Å². The Morgan fingerprint density at radius 1 is 1.33 bits per heavy atom. The minimum Gasteiger partial charge on any atom is -0.362 e. The van der Waals surface area contributed by atoms with Gasteiger partial charge < -0.3 is 20.4 Å². The van der Waals surface area contributed by atoms with Gasteiger partial charge in [-0.25, -0.2) is 4.98 Å². The molecule has 2 fully saturated rings. The van der Waals surface area contributed by atoms with Gasteiger partial charge >= 0.3 is 0 Å². The van der Waals surface area contributed by atoms with Crippen molar-refractivity contribution in [1.29, 1.82) is 5.26 Å². The van der Waals surface area contributed by atoms with Gasteiger partial charge in [0.05, 0.1) is 40.8 Å². The van der Waals surface area contributed by atoms with Crippen molar-refractivity contribution in [2.75, 3.05) is 42.2 Å². The fourth-order valence-electron chi connectivity index (χ4n) is 3.64. The highest BCUT2D eigenvalue weighted by atomic mass is 35.5. The maximum atomic E-state index is 12.6. The first kappa shape index (κ1) is 20.9. The molecular formula is C21H19ClN10O. The Morgan fingerprint density at radius 2 is 2.15 bits per heavy atom. The summed E-state index contributed by atoms with van der Waals surface area (Å²) in [6.07, 6.45) is 3.51. The number of nitriles is 1. The number of hydrogen-bond donors (Lipinski definition) is 2. The molecule has 0 unspecified atom stereocenters. The standard InChI is InChI=1S/C21H19ClN10O/c1-24-16-10-25-20-19(26-13-3-4-13)28-21(29-32(16)20)27-14-7-12(9-23)8-15(18(14)22)31-6-5-30(2)11-17(31)33/h7-8,10,13H,3-6,11H2,2H3,(H2,26,27,28,29). The van der Waals surface area contributed by atoms with Crippen molar-refractivity contribution in [3.05, 3.63) is 40.3 Å². The summed E-state index contributed by atoms with van der Waals surface area (Å²) in [7, 11) is 1.88. The van der Waals surface area contributed by atoms with E-state index < -0.39 is 0 Å². The van der Waals surface area contributed by atoms with Gasteiger partial charge in [0.1, 0.15) is 0 Å². The van der Waals surface area contributed by atoms with Gasteiger partial charge in [-0.15, -0.1) is 4.52 Å². The highest BCUT2D eigenvalue weighted by Crippen LogP contribution is 2.37. The second-order valence-electron chi connectivity index (χ2n) is 8.04. The summed E-state index contributed by atoms with van der Waals surface area (Å²) in [6, 6.07) is 5.61. The predicted octanol–water partition coefficient (Wildman–Crippen LogP) is 2.80. The summed E-state index contributed by atoms with van der Waals surface area (Å²) in [5.74, 6) is 0.836. The minimum atomic E-state index is -0.0969. The van der Waals surface area contributed by atoms with Crippen molar-refractivity contribution >= 4 is 52.1 Å². The van der Waals surface area contributed by atoms with Crippen LogP contribution in [0, 0.1) is 17.9 Å². The second kappa shape index (κ2) is 8.20. The van der Waals surface area contributed by atoms with E-state index in [1.165, 1.54) is 10.7 Å². The third-order valence-corrected chi connectivity index (χ3v) is 5.91. The third-order valence-electron chi connectivity index (χ3n) is 5.51. The Labute approximate surface area is 194 Å². The molecule has 0 radical (unpaired) electrons. The number of carbonyl (C=O) groups excluding carboxylic acids is 1. The minimum absolute atomic E-state index is 0.0969. The van der Waals surface area contributed by atoms with Crippen LogP contribution >= 0.6 is 11.6 Å². The molecule has 1 aromatic carbocycles. The first-order chi connectivity index (χ1) is 16.0. The van der Waals surface area contributed by atoms with Crippen LogP contribution in [-0.2, 0) is 4.79 Å². The van der Waals surface area contributed by atoms with Gasteiger partial charge in [0.15, 0.2) is 5.82 Å². The first-order valence-corrected chi connectivity index (χ1v) is 10.7. The van der Waals surface area contributed by atoms with Crippen LogP contribution in [0.5, 0.6) is 0 Å². The number of rotatable bonds is 5. The van der Waals surface area contributed by atoms with E-state index in [-0.39, 0.29) is 29.2 Å². The van der Waals surface area contributed by atoms with Crippen molar-refractivity contribution in [1.82, 2.24) is 24.5 Å². The van der Waals surface area contributed by atoms with E-state index in [9.17, 15) is 10.1 Å². The van der Waals surface area contributed by atoms with Crippen LogP contribution in [0.1, 0.15) is 18.4 Å². The molecule has 33 heavy (non-hydrogen) atoms. The van der Waals surface area contributed by atoms with Gasteiger partial charge in [-0.1, -0.05) is 23.3 Å². The van der Waals surface area contributed by atoms with Crippen LogP contribution in [0.15, 0.2) is 18.3 Å². The molecule has 0 bridgehead atoms. The predicted molar refractivity (Wildman–Crippen MR) is 123 cm³/mol. The molecule has 1 saturated heterocycles. The Balaban J connectivity index is 1.56. The van der Waals surface area contributed by atoms with Crippen LogP contribution in [0.4, 0.5) is 29.0 Å². The number of piperazine rings is 1. The molecule has 3 aromatic rings.